The number of aliphatic hydroxyl groups is 2. The lowest BCUT2D eigenvalue weighted by Crippen LogP contribution is -2.62. The van der Waals surface area contributed by atoms with Crippen LogP contribution in [0.25, 0.3) is 0 Å². The smallest absolute Gasteiger partial charge is 0.190 e. The minimum atomic E-state index is -1.11. The highest BCUT2D eigenvalue weighted by molar-refractivity contribution is 6.01. The fourth-order valence-electron chi connectivity index (χ4n) is 7.81. The molecular formula is C23H29NO5. The number of hydrogen-bond donors (Lipinski definition) is 2. The van der Waals surface area contributed by atoms with E-state index in [0.717, 1.165) is 18.4 Å². The molecule has 0 spiro atoms. The molecule has 29 heavy (non-hydrogen) atoms. The molecule has 2 N–H and O–H groups in total. The lowest BCUT2D eigenvalue weighted by Gasteiger charge is -2.59. The Hall–Kier alpha value is -1.79. The van der Waals surface area contributed by atoms with Crippen LogP contribution >= 0.6 is 0 Å². The number of rotatable bonds is 2. The number of ketones is 2. The number of fused-ring (bicyclic) bond motifs is 7. The highest BCUT2D eigenvalue weighted by Gasteiger charge is 2.74. The van der Waals surface area contributed by atoms with Crippen LogP contribution in [0.3, 0.4) is 0 Å². The standard InChI is InChI=1S/C23H29NO5/c1-12-24-23(18(28)11-25)19(29-12)9-16-15-5-4-13-8-14(26)6-7-21(13,2)20(15)17(27)10-22(16,23)3/h6-8,15-17,19-20,25,27H,4-5,9-11H2,1-3H3. The minimum absolute atomic E-state index is 0.00453. The first-order chi connectivity index (χ1) is 13.7. The second kappa shape index (κ2) is 5.88. The van der Waals surface area contributed by atoms with Gasteiger partial charge >= 0.3 is 0 Å². The zero-order valence-corrected chi connectivity index (χ0v) is 17.2. The van der Waals surface area contributed by atoms with Gasteiger partial charge in [-0.15, -0.1) is 0 Å². The van der Waals surface area contributed by atoms with Gasteiger partial charge < -0.3 is 14.9 Å². The van der Waals surface area contributed by atoms with Crippen molar-refractivity contribution in [2.45, 2.75) is 64.2 Å². The van der Waals surface area contributed by atoms with Gasteiger partial charge in [-0.2, -0.15) is 0 Å². The second-order valence-corrected chi connectivity index (χ2v) is 10.0. The van der Waals surface area contributed by atoms with Crippen molar-refractivity contribution in [1.82, 2.24) is 0 Å². The number of carbonyl (C=O) groups is 2. The Bertz CT molecular complexity index is 890. The molecule has 3 saturated carbocycles. The van der Waals surface area contributed by atoms with Crippen molar-refractivity contribution in [1.29, 1.82) is 0 Å². The van der Waals surface area contributed by atoms with E-state index in [1.807, 2.05) is 6.08 Å². The highest BCUT2D eigenvalue weighted by atomic mass is 16.5. The molecular weight excluding hydrogens is 370 g/mol. The van der Waals surface area contributed by atoms with E-state index in [2.05, 4.69) is 13.8 Å². The Kier molecular flexibility index (Phi) is 3.89. The molecule has 0 bridgehead atoms. The van der Waals surface area contributed by atoms with Gasteiger partial charge in [0, 0.05) is 23.7 Å². The lowest BCUT2D eigenvalue weighted by molar-refractivity contribution is -0.146. The number of aliphatic hydroxyl groups excluding tert-OH is 2. The number of Topliss-reactive ketones (excluding diaryl/α,β-unsaturated/α-hetero) is 1. The van der Waals surface area contributed by atoms with E-state index in [9.17, 15) is 19.8 Å². The summed E-state index contributed by atoms with van der Waals surface area (Å²) in [6.45, 7) is 5.38. The molecule has 5 aliphatic rings. The van der Waals surface area contributed by atoms with Crippen LogP contribution in [0.2, 0.25) is 0 Å². The van der Waals surface area contributed by atoms with Gasteiger partial charge in [0.2, 0.25) is 0 Å². The van der Waals surface area contributed by atoms with E-state index in [4.69, 9.17) is 9.73 Å². The van der Waals surface area contributed by atoms with E-state index >= 15 is 0 Å². The van der Waals surface area contributed by atoms with E-state index in [-0.39, 0.29) is 40.8 Å². The van der Waals surface area contributed by atoms with Crippen LogP contribution in [0.15, 0.2) is 28.8 Å². The van der Waals surface area contributed by atoms with Crippen molar-refractivity contribution in [2.24, 2.45) is 33.6 Å². The maximum absolute atomic E-state index is 13.0. The molecule has 4 aliphatic carbocycles. The summed E-state index contributed by atoms with van der Waals surface area (Å²) in [5, 5.41) is 21.2. The van der Waals surface area contributed by atoms with E-state index in [1.165, 1.54) is 0 Å². The molecule has 3 fully saturated rings. The first-order valence-electron chi connectivity index (χ1n) is 10.7. The number of carbonyl (C=O) groups excluding carboxylic acids is 2. The van der Waals surface area contributed by atoms with Gasteiger partial charge in [-0.05, 0) is 49.7 Å². The summed E-state index contributed by atoms with van der Waals surface area (Å²) in [7, 11) is 0. The molecule has 0 aromatic rings. The Morgan fingerprint density at radius 2 is 2.14 bits per heavy atom. The van der Waals surface area contributed by atoms with Crippen LogP contribution < -0.4 is 0 Å². The highest BCUT2D eigenvalue weighted by Crippen LogP contribution is 2.69. The molecule has 6 heteroatoms. The monoisotopic (exact) mass is 399 g/mol. The van der Waals surface area contributed by atoms with Crippen molar-refractivity contribution in [3.05, 3.63) is 23.8 Å². The van der Waals surface area contributed by atoms with E-state index in [0.29, 0.717) is 18.7 Å². The zero-order chi connectivity index (χ0) is 20.8. The molecule has 0 amide bonds. The Morgan fingerprint density at radius 3 is 2.86 bits per heavy atom. The third-order valence-electron chi connectivity index (χ3n) is 8.91. The topological polar surface area (TPSA) is 96.2 Å². The summed E-state index contributed by atoms with van der Waals surface area (Å²) in [6, 6.07) is 0. The SMILES string of the molecule is CC1=NC2(C(=O)CO)C(CC3C4CCC5=CC(=O)C=CC5(C)C4C(O)CC32C)O1. The first kappa shape index (κ1) is 19.2. The van der Waals surface area contributed by atoms with Crippen LogP contribution in [0.4, 0.5) is 0 Å². The Labute approximate surface area is 170 Å². The molecule has 0 saturated heterocycles. The van der Waals surface area contributed by atoms with Crippen LogP contribution in [-0.2, 0) is 14.3 Å². The Morgan fingerprint density at radius 1 is 1.38 bits per heavy atom. The van der Waals surface area contributed by atoms with Crippen LogP contribution in [0.5, 0.6) is 0 Å². The van der Waals surface area contributed by atoms with Gasteiger partial charge in [-0.1, -0.05) is 25.5 Å². The van der Waals surface area contributed by atoms with Gasteiger partial charge in [0.1, 0.15) is 12.7 Å². The summed E-state index contributed by atoms with van der Waals surface area (Å²) in [5.41, 5.74) is -0.915. The molecule has 1 aliphatic heterocycles. The number of hydrogen-bond acceptors (Lipinski definition) is 6. The maximum Gasteiger partial charge on any atom is 0.190 e. The van der Waals surface area contributed by atoms with Crippen molar-refractivity contribution in [3.8, 4) is 0 Å². The van der Waals surface area contributed by atoms with Crippen molar-refractivity contribution >= 4 is 17.5 Å². The maximum atomic E-state index is 13.0. The normalized spacial score (nSPS) is 50.0. The number of allylic oxidation sites excluding steroid dienone is 4. The molecule has 0 radical (unpaired) electrons. The second-order valence-electron chi connectivity index (χ2n) is 10.0. The number of aliphatic imine (C=N–C) groups is 1. The predicted octanol–water partition coefficient (Wildman–Crippen LogP) is 1.99. The zero-order valence-electron chi connectivity index (χ0n) is 17.2. The molecule has 0 aromatic heterocycles. The summed E-state index contributed by atoms with van der Waals surface area (Å²) < 4.78 is 6.00. The van der Waals surface area contributed by atoms with Crippen LogP contribution in [-0.4, -0.2) is 52.0 Å². The average Bonchev–Trinajstić information content (AvgIpc) is 3.12. The van der Waals surface area contributed by atoms with Crippen molar-refractivity contribution < 1.29 is 24.5 Å². The number of ether oxygens (including phenoxy) is 1. The minimum Gasteiger partial charge on any atom is -0.475 e. The van der Waals surface area contributed by atoms with Crippen LogP contribution in [0, 0.1) is 28.6 Å². The average molecular weight is 399 g/mol. The van der Waals surface area contributed by atoms with Gasteiger partial charge in [-0.3, -0.25) is 9.59 Å². The quantitative estimate of drug-likeness (QED) is 0.740. The molecule has 6 nitrogen and oxygen atoms in total. The Balaban J connectivity index is 1.61. The van der Waals surface area contributed by atoms with Gasteiger partial charge in [0.25, 0.3) is 0 Å². The molecule has 1 heterocycles. The summed E-state index contributed by atoms with van der Waals surface area (Å²) in [6.07, 6.45) is 7.20. The summed E-state index contributed by atoms with van der Waals surface area (Å²) in [5.74, 6) is 0.570. The van der Waals surface area contributed by atoms with Gasteiger partial charge in [-0.25, -0.2) is 4.99 Å². The fourth-order valence-corrected chi connectivity index (χ4v) is 7.81. The summed E-state index contributed by atoms with van der Waals surface area (Å²) >= 11 is 0. The first-order valence-corrected chi connectivity index (χ1v) is 10.7. The van der Waals surface area contributed by atoms with Gasteiger partial charge in [0.05, 0.1) is 6.10 Å². The molecule has 5 rings (SSSR count). The van der Waals surface area contributed by atoms with E-state index < -0.39 is 23.7 Å². The molecule has 8 atom stereocenters. The summed E-state index contributed by atoms with van der Waals surface area (Å²) in [4.78, 5) is 29.7. The van der Waals surface area contributed by atoms with Crippen LogP contribution in [0.1, 0.15) is 46.5 Å². The van der Waals surface area contributed by atoms with E-state index in [1.54, 1.807) is 19.1 Å². The lowest BCUT2D eigenvalue weighted by atomic mass is 9.46. The third kappa shape index (κ3) is 2.17. The van der Waals surface area contributed by atoms with Crippen molar-refractivity contribution in [3.63, 3.8) is 0 Å². The predicted molar refractivity (Wildman–Crippen MR) is 106 cm³/mol. The largest absolute Gasteiger partial charge is 0.475 e. The number of nitrogens with zero attached hydrogens (tertiary/aromatic N) is 1. The molecule has 0 aromatic carbocycles. The van der Waals surface area contributed by atoms with Gasteiger partial charge in [0.15, 0.2) is 23.0 Å². The molecule has 8 unspecified atom stereocenters. The molecule has 156 valence electrons. The van der Waals surface area contributed by atoms with Crippen molar-refractivity contribution in [2.75, 3.05) is 6.61 Å². The fraction of sp³-hybridized carbons (Fsp3) is 0.696. The third-order valence-corrected chi connectivity index (χ3v) is 8.91.